The highest BCUT2D eigenvalue weighted by molar-refractivity contribution is 7.85. The summed E-state index contributed by atoms with van der Waals surface area (Å²) >= 11 is 0. The molecular weight excluding hydrogens is 157 g/mol. The van der Waals surface area contributed by atoms with Gasteiger partial charge in [-0.2, -0.15) is 8.42 Å². The second kappa shape index (κ2) is 5.21. The molecule has 0 amide bonds. The number of hydrogen-bond acceptors (Lipinski definition) is 3. The standard InChI is InChI=1S/C3H9NO3S.Al.3H/c1-4-2-3-8(5,6)7;;;;/h4H,2-3H2,1H3,(H,5,6,7);;;;. The monoisotopic (exact) mass is 169 g/mol. The van der Waals surface area contributed by atoms with Crippen LogP contribution in [-0.4, -0.2) is 49.7 Å². The third-order valence-electron chi connectivity index (χ3n) is 0.610. The van der Waals surface area contributed by atoms with E-state index in [1.165, 1.54) is 0 Å². The number of nitrogens with one attached hydrogen (secondary N) is 1. The van der Waals surface area contributed by atoms with Crippen molar-refractivity contribution in [2.45, 2.75) is 0 Å². The second-order valence-electron chi connectivity index (χ2n) is 1.39. The third kappa shape index (κ3) is 11.8. The van der Waals surface area contributed by atoms with Gasteiger partial charge in [0.25, 0.3) is 10.1 Å². The van der Waals surface area contributed by atoms with Crippen LogP contribution in [0.15, 0.2) is 0 Å². The molecular formula is C3H12AlNO3S. The van der Waals surface area contributed by atoms with E-state index in [-0.39, 0.29) is 23.1 Å². The van der Waals surface area contributed by atoms with Gasteiger partial charge in [-0.15, -0.1) is 0 Å². The first-order valence-corrected chi connectivity index (χ1v) is 3.77. The Morgan fingerprint density at radius 3 is 2.11 bits per heavy atom. The highest BCUT2D eigenvalue weighted by atomic mass is 32.2. The molecule has 2 N–H and O–H groups in total. The van der Waals surface area contributed by atoms with E-state index in [4.69, 9.17) is 4.55 Å². The fourth-order valence-electron chi connectivity index (χ4n) is 0.231. The van der Waals surface area contributed by atoms with Gasteiger partial charge < -0.3 is 5.32 Å². The summed E-state index contributed by atoms with van der Waals surface area (Å²) in [6.45, 7) is 0.291. The number of hydrogen-bond donors (Lipinski definition) is 2. The largest absolute Gasteiger partial charge is 0.319 e. The molecule has 0 saturated carbocycles. The fraction of sp³-hybridized carbons (Fsp3) is 1.00. The predicted octanol–water partition coefficient (Wildman–Crippen LogP) is -2.09. The molecule has 0 aromatic carbocycles. The lowest BCUT2D eigenvalue weighted by molar-refractivity contribution is 0.482. The van der Waals surface area contributed by atoms with Crippen LogP contribution in [0.4, 0.5) is 0 Å². The predicted molar refractivity (Wildman–Crippen MR) is 40.3 cm³/mol. The summed E-state index contributed by atoms with van der Waals surface area (Å²) < 4.78 is 27.9. The SMILES string of the molecule is CNCCS(=O)(=O)O.[AlH3]. The van der Waals surface area contributed by atoms with Gasteiger partial charge in [0, 0.05) is 6.54 Å². The molecule has 6 heteroatoms. The second-order valence-corrected chi connectivity index (χ2v) is 2.96. The van der Waals surface area contributed by atoms with Gasteiger partial charge >= 0.3 is 0 Å². The summed E-state index contributed by atoms with van der Waals surface area (Å²) in [7, 11) is -2.13. The average molecular weight is 169 g/mol. The molecule has 0 spiro atoms. The lowest BCUT2D eigenvalue weighted by Gasteiger charge is -1.92. The van der Waals surface area contributed by atoms with Crippen LogP contribution in [0.5, 0.6) is 0 Å². The number of rotatable bonds is 3. The van der Waals surface area contributed by atoms with E-state index in [0.29, 0.717) is 6.54 Å². The van der Waals surface area contributed by atoms with Gasteiger partial charge in [0.15, 0.2) is 17.4 Å². The maximum Gasteiger partial charge on any atom is 0.266 e. The Balaban J connectivity index is 0. The molecule has 0 bridgehead atoms. The van der Waals surface area contributed by atoms with E-state index in [2.05, 4.69) is 5.32 Å². The molecule has 0 heterocycles. The lowest BCUT2D eigenvalue weighted by Crippen LogP contribution is -2.18. The van der Waals surface area contributed by atoms with Crippen LogP contribution in [0.2, 0.25) is 0 Å². The van der Waals surface area contributed by atoms with Crippen molar-refractivity contribution in [2.75, 3.05) is 19.3 Å². The van der Waals surface area contributed by atoms with E-state index in [0.717, 1.165) is 0 Å². The first-order chi connectivity index (χ1) is 3.56. The van der Waals surface area contributed by atoms with E-state index >= 15 is 0 Å². The summed E-state index contributed by atoms with van der Waals surface area (Å²) in [4.78, 5) is 0. The molecule has 4 nitrogen and oxygen atoms in total. The molecule has 0 radical (unpaired) electrons. The van der Waals surface area contributed by atoms with Gasteiger partial charge in [-0.3, -0.25) is 4.55 Å². The van der Waals surface area contributed by atoms with Gasteiger partial charge in [-0.25, -0.2) is 0 Å². The van der Waals surface area contributed by atoms with E-state index in [1.54, 1.807) is 7.05 Å². The minimum absolute atomic E-state index is 0. The molecule has 56 valence electrons. The summed E-state index contributed by atoms with van der Waals surface area (Å²) in [5, 5.41) is 2.59. The van der Waals surface area contributed by atoms with Crippen molar-refractivity contribution in [3.05, 3.63) is 0 Å². The van der Waals surface area contributed by atoms with Crippen LogP contribution < -0.4 is 5.32 Å². The van der Waals surface area contributed by atoms with Crippen LogP contribution in [0.1, 0.15) is 0 Å². The molecule has 0 aliphatic rings. The molecule has 9 heavy (non-hydrogen) atoms. The maximum atomic E-state index is 9.91. The van der Waals surface area contributed by atoms with Crippen molar-refractivity contribution in [3.63, 3.8) is 0 Å². The maximum absolute atomic E-state index is 9.91. The normalized spacial score (nSPS) is 10.4. The molecule has 0 rings (SSSR count). The Morgan fingerprint density at radius 2 is 2.00 bits per heavy atom. The summed E-state index contributed by atoms with van der Waals surface area (Å²) in [5.74, 6) is -0.219. The first kappa shape index (κ1) is 12.1. The summed E-state index contributed by atoms with van der Waals surface area (Å²) in [6, 6.07) is 0. The topological polar surface area (TPSA) is 66.4 Å². The lowest BCUT2D eigenvalue weighted by atomic mass is 10.8. The highest BCUT2D eigenvalue weighted by Gasteiger charge is 1.99. The van der Waals surface area contributed by atoms with E-state index < -0.39 is 10.1 Å². The zero-order valence-corrected chi connectivity index (χ0v) is 5.40. The van der Waals surface area contributed by atoms with Gasteiger partial charge in [0.05, 0.1) is 5.75 Å². The molecule has 0 aliphatic heterocycles. The van der Waals surface area contributed by atoms with Gasteiger partial charge in [0.1, 0.15) is 0 Å². The third-order valence-corrected chi connectivity index (χ3v) is 1.33. The Labute approximate surface area is 65.5 Å². The summed E-state index contributed by atoms with van der Waals surface area (Å²) in [5.41, 5.74) is 0. The molecule has 0 aromatic rings. The Morgan fingerprint density at radius 1 is 1.56 bits per heavy atom. The van der Waals surface area contributed by atoms with Crippen molar-refractivity contribution in [2.24, 2.45) is 0 Å². The van der Waals surface area contributed by atoms with Crippen LogP contribution in [0.25, 0.3) is 0 Å². The van der Waals surface area contributed by atoms with Crippen molar-refractivity contribution in [3.8, 4) is 0 Å². The van der Waals surface area contributed by atoms with Crippen molar-refractivity contribution in [1.29, 1.82) is 0 Å². The smallest absolute Gasteiger partial charge is 0.266 e. The Bertz CT molecular complexity index is 143. The van der Waals surface area contributed by atoms with Crippen LogP contribution in [0, 0.1) is 0 Å². The van der Waals surface area contributed by atoms with E-state index in [9.17, 15) is 8.42 Å². The Hall–Kier alpha value is 0.402. The zero-order valence-electron chi connectivity index (χ0n) is 4.59. The van der Waals surface area contributed by atoms with Crippen LogP contribution in [0.3, 0.4) is 0 Å². The molecule has 0 aliphatic carbocycles. The molecule has 0 unspecified atom stereocenters. The summed E-state index contributed by atoms with van der Waals surface area (Å²) in [6.07, 6.45) is 0. The first-order valence-electron chi connectivity index (χ1n) is 2.16. The zero-order chi connectivity index (χ0) is 6.62. The fourth-order valence-corrected chi connectivity index (χ4v) is 0.693. The van der Waals surface area contributed by atoms with Crippen molar-refractivity contribution < 1.29 is 13.0 Å². The van der Waals surface area contributed by atoms with Crippen molar-refractivity contribution >= 4 is 27.5 Å². The van der Waals surface area contributed by atoms with Crippen LogP contribution in [-0.2, 0) is 10.1 Å². The highest BCUT2D eigenvalue weighted by Crippen LogP contribution is 1.76. The van der Waals surface area contributed by atoms with Gasteiger partial charge in [-0.1, -0.05) is 0 Å². The molecule has 0 fully saturated rings. The Kier molecular flexibility index (Phi) is 7.01. The minimum atomic E-state index is -3.75. The quantitative estimate of drug-likeness (QED) is 0.375. The van der Waals surface area contributed by atoms with E-state index in [1.807, 2.05) is 0 Å². The minimum Gasteiger partial charge on any atom is -0.319 e. The van der Waals surface area contributed by atoms with Crippen LogP contribution >= 0.6 is 0 Å². The van der Waals surface area contributed by atoms with Gasteiger partial charge in [0.2, 0.25) is 0 Å². The average Bonchev–Trinajstić information content (AvgIpc) is 1.59. The van der Waals surface area contributed by atoms with Gasteiger partial charge in [-0.05, 0) is 7.05 Å². The molecule has 0 saturated heterocycles. The molecule has 0 aromatic heterocycles. The molecule has 0 atom stereocenters. The van der Waals surface area contributed by atoms with Crippen molar-refractivity contribution in [1.82, 2.24) is 5.32 Å².